The molecule has 5 nitrogen and oxygen atoms in total. The van der Waals surface area contributed by atoms with Gasteiger partial charge in [0, 0.05) is 22.5 Å². The molecule has 0 unspecified atom stereocenters. The molecular formula is C22H15BrF5N3O2S. The van der Waals surface area contributed by atoms with E-state index in [2.05, 4.69) is 43.6 Å². The van der Waals surface area contributed by atoms with Gasteiger partial charge in [0.1, 0.15) is 5.75 Å². The SMILES string of the molecule is CNC(=O)c1ccc(N/N=C/C#Cc2sc3c(Br)cccc3c2C(F)(F)C(F)(F)F)c(OC)c1. The summed E-state index contributed by atoms with van der Waals surface area (Å²) in [5, 5.41) is 6.07. The Morgan fingerprint density at radius 1 is 1.21 bits per heavy atom. The van der Waals surface area contributed by atoms with Crippen LogP contribution in [0.2, 0.25) is 0 Å². The Bertz CT molecular complexity index is 1330. The molecule has 0 bridgehead atoms. The van der Waals surface area contributed by atoms with E-state index in [0.29, 0.717) is 21.5 Å². The lowest BCUT2D eigenvalue weighted by Gasteiger charge is -2.19. The minimum Gasteiger partial charge on any atom is -0.494 e. The van der Waals surface area contributed by atoms with Crippen LogP contribution in [-0.4, -0.2) is 32.5 Å². The smallest absolute Gasteiger partial charge is 0.458 e. The molecule has 1 amide bonds. The Morgan fingerprint density at radius 3 is 2.59 bits per heavy atom. The van der Waals surface area contributed by atoms with Gasteiger partial charge < -0.3 is 10.1 Å². The summed E-state index contributed by atoms with van der Waals surface area (Å²) in [5.41, 5.74) is 2.15. The number of benzene rings is 2. The minimum atomic E-state index is -5.78. The lowest BCUT2D eigenvalue weighted by molar-refractivity contribution is -0.288. The maximum Gasteiger partial charge on any atom is 0.458 e. The number of ether oxygens (including phenoxy) is 1. The number of hydrogen-bond acceptors (Lipinski definition) is 5. The highest BCUT2D eigenvalue weighted by atomic mass is 79.9. The number of hydrogen-bond donors (Lipinski definition) is 2. The van der Waals surface area contributed by atoms with Crippen molar-refractivity contribution in [1.29, 1.82) is 0 Å². The summed E-state index contributed by atoms with van der Waals surface area (Å²) in [4.78, 5) is 11.3. The normalized spacial score (nSPS) is 11.9. The van der Waals surface area contributed by atoms with Crippen molar-refractivity contribution >= 4 is 55.2 Å². The van der Waals surface area contributed by atoms with Crippen LogP contribution >= 0.6 is 27.3 Å². The fourth-order valence-electron chi connectivity index (χ4n) is 2.93. The van der Waals surface area contributed by atoms with Crippen molar-refractivity contribution in [3.8, 4) is 17.6 Å². The summed E-state index contributed by atoms with van der Waals surface area (Å²) in [6.07, 6.45) is -4.77. The first kappa shape index (κ1) is 25.5. The average molecular weight is 560 g/mol. The van der Waals surface area contributed by atoms with Crippen LogP contribution in [0.25, 0.3) is 10.1 Å². The lowest BCUT2D eigenvalue weighted by atomic mass is 10.0. The monoisotopic (exact) mass is 559 g/mol. The van der Waals surface area contributed by atoms with E-state index in [1.807, 2.05) is 0 Å². The van der Waals surface area contributed by atoms with Crippen LogP contribution in [-0.2, 0) is 5.92 Å². The molecule has 0 aliphatic rings. The first-order chi connectivity index (χ1) is 16.0. The molecule has 0 spiro atoms. The van der Waals surface area contributed by atoms with Gasteiger partial charge >= 0.3 is 12.1 Å². The van der Waals surface area contributed by atoms with Gasteiger partial charge in [0.25, 0.3) is 5.91 Å². The van der Waals surface area contributed by atoms with Crippen LogP contribution in [0, 0.1) is 11.8 Å². The third-order valence-corrected chi connectivity index (χ3v) is 6.61. The van der Waals surface area contributed by atoms with E-state index in [-0.39, 0.29) is 16.0 Å². The Labute approximate surface area is 203 Å². The summed E-state index contributed by atoms with van der Waals surface area (Å²) in [5.74, 6) is -0.385. The molecule has 0 saturated carbocycles. The number of carbonyl (C=O) groups excluding carboxylic acids is 1. The van der Waals surface area contributed by atoms with Crippen LogP contribution in [0.5, 0.6) is 5.75 Å². The molecule has 34 heavy (non-hydrogen) atoms. The maximum atomic E-state index is 14.3. The Kier molecular flexibility index (Phi) is 7.48. The van der Waals surface area contributed by atoms with Crippen molar-refractivity contribution < 1.29 is 31.5 Å². The summed E-state index contributed by atoms with van der Waals surface area (Å²) in [6.45, 7) is 0. The molecule has 3 aromatic rings. The number of nitrogens with zero attached hydrogens (tertiary/aromatic N) is 1. The number of rotatable bonds is 5. The van der Waals surface area contributed by atoms with Crippen LogP contribution in [0.4, 0.5) is 27.6 Å². The molecule has 3 rings (SSSR count). The highest BCUT2D eigenvalue weighted by Gasteiger charge is 2.60. The van der Waals surface area contributed by atoms with Crippen molar-refractivity contribution in [3.05, 3.63) is 56.9 Å². The van der Waals surface area contributed by atoms with E-state index in [0.717, 1.165) is 17.6 Å². The van der Waals surface area contributed by atoms with Gasteiger partial charge in [0.2, 0.25) is 0 Å². The molecule has 12 heteroatoms. The van der Waals surface area contributed by atoms with Crippen molar-refractivity contribution in [2.45, 2.75) is 12.1 Å². The van der Waals surface area contributed by atoms with Gasteiger partial charge in [-0.1, -0.05) is 12.1 Å². The van der Waals surface area contributed by atoms with Crippen LogP contribution in [0.15, 0.2) is 46.0 Å². The van der Waals surface area contributed by atoms with Gasteiger partial charge in [-0.05, 0) is 52.0 Å². The zero-order valence-corrected chi connectivity index (χ0v) is 19.9. The van der Waals surface area contributed by atoms with Gasteiger partial charge in [-0.25, -0.2) is 0 Å². The molecule has 178 valence electrons. The van der Waals surface area contributed by atoms with Gasteiger partial charge in [0.15, 0.2) is 0 Å². The quantitative estimate of drug-likeness (QED) is 0.171. The molecular weight excluding hydrogens is 545 g/mol. The second-order valence-corrected chi connectivity index (χ2v) is 8.50. The van der Waals surface area contributed by atoms with Gasteiger partial charge in [-0.2, -0.15) is 27.1 Å². The second kappa shape index (κ2) is 9.99. The van der Waals surface area contributed by atoms with Crippen molar-refractivity contribution in [2.24, 2.45) is 5.10 Å². The number of alkyl halides is 5. The Hall–Kier alpha value is -3.17. The Morgan fingerprint density at radius 2 is 1.94 bits per heavy atom. The number of carbonyl (C=O) groups is 1. The molecule has 0 saturated heterocycles. The highest BCUT2D eigenvalue weighted by Crippen LogP contribution is 2.50. The molecule has 0 aliphatic heterocycles. The highest BCUT2D eigenvalue weighted by molar-refractivity contribution is 9.10. The van der Waals surface area contributed by atoms with E-state index in [1.54, 1.807) is 6.07 Å². The number of fused-ring (bicyclic) bond motifs is 1. The van der Waals surface area contributed by atoms with Crippen molar-refractivity contribution in [2.75, 3.05) is 19.6 Å². The minimum absolute atomic E-state index is 0.224. The Balaban J connectivity index is 1.92. The van der Waals surface area contributed by atoms with E-state index in [1.165, 1.54) is 44.5 Å². The van der Waals surface area contributed by atoms with Gasteiger partial charge in [-0.15, -0.1) is 11.3 Å². The van der Waals surface area contributed by atoms with E-state index < -0.39 is 22.5 Å². The number of methoxy groups -OCH3 is 1. The molecule has 2 N–H and O–H groups in total. The number of amides is 1. The number of thiophene rings is 1. The number of hydrazone groups is 1. The maximum absolute atomic E-state index is 14.3. The van der Waals surface area contributed by atoms with E-state index >= 15 is 0 Å². The van der Waals surface area contributed by atoms with E-state index in [4.69, 9.17) is 4.74 Å². The summed E-state index contributed by atoms with van der Waals surface area (Å²) in [6, 6.07) is 8.63. The zero-order valence-electron chi connectivity index (χ0n) is 17.5. The summed E-state index contributed by atoms with van der Waals surface area (Å²) in [7, 11) is 2.87. The fourth-order valence-corrected chi connectivity index (χ4v) is 4.64. The average Bonchev–Trinajstić information content (AvgIpc) is 3.18. The standard InChI is InChI=1S/C22H15BrF5N3O2S/c1-29-20(32)12-8-9-15(16(11-12)33-2)31-30-10-4-7-17-18(21(24,25)22(26,27)28)13-5-3-6-14(23)19(13)34-17/h3,5-6,8-11,31H,1-2H3,(H,29,32)/b30-10+. The predicted octanol–water partition coefficient (Wildman–Crippen LogP) is 6.14. The topological polar surface area (TPSA) is 62.7 Å². The molecule has 0 aliphatic carbocycles. The fraction of sp³-hybridized carbons (Fsp3) is 0.182. The first-order valence-electron chi connectivity index (χ1n) is 9.36. The first-order valence-corrected chi connectivity index (χ1v) is 11.0. The molecule has 0 atom stereocenters. The number of halogens is 6. The van der Waals surface area contributed by atoms with Gasteiger partial charge in [0.05, 0.1) is 34.2 Å². The van der Waals surface area contributed by atoms with Gasteiger partial charge in [-0.3, -0.25) is 10.2 Å². The molecule has 1 heterocycles. The van der Waals surface area contributed by atoms with Crippen molar-refractivity contribution in [3.63, 3.8) is 0 Å². The zero-order chi connectivity index (χ0) is 25.1. The van der Waals surface area contributed by atoms with Crippen molar-refractivity contribution in [1.82, 2.24) is 5.32 Å². The second-order valence-electron chi connectivity index (χ2n) is 6.63. The molecule has 0 radical (unpaired) electrons. The number of anilines is 1. The molecule has 2 aromatic carbocycles. The summed E-state index contributed by atoms with van der Waals surface area (Å²) < 4.78 is 73.8. The van der Waals surface area contributed by atoms with Crippen LogP contribution < -0.4 is 15.5 Å². The number of nitrogens with one attached hydrogen (secondary N) is 2. The molecule has 0 fully saturated rings. The van der Waals surface area contributed by atoms with E-state index in [9.17, 15) is 26.7 Å². The predicted molar refractivity (Wildman–Crippen MR) is 125 cm³/mol. The largest absolute Gasteiger partial charge is 0.494 e. The molecule has 1 aromatic heterocycles. The third kappa shape index (κ3) is 5.00. The lowest BCUT2D eigenvalue weighted by Crippen LogP contribution is -2.34. The van der Waals surface area contributed by atoms with Crippen LogP contribution in [0.1, 0.15) is 20.8 Å². The summed E-state index contributed by atoms with van der Waals surface area (Å²) >= 11 is 3.90. The van der Waals surface area contributed by atoms with Crippen LogP contribution in [0.3, 0.4) is 0 Å². The third-order valence-electron chi connectivity index (χ3n) is 4.53.